The fourth-order valence-corrected chi connectivity index (χ4v) is 3.07. The molecule has 20 heavy (non-hydrogen) atoms. The molecule has 0 unspecified atom stereocenters. The van der Waals surface area contributed by atoms with E-state index in [1.54, 1.807) is 0 Å². The maximum absolute atomic E-state index is 13.4. The Labute approximate surface area is 122 Å². The number of nitrogen functional groups attached to an aromatic ring is 1. The van der Waals surface area contributed by atoms with Gasteiger partial charge in [-0.15, -0.1) is 0 Å². The van der Waals surface area contributed by atoms with Crippen LogP contribution < -0.4 is 10.5 Å². The minimum Gasteiger partial charge on any atom is -0.398 e. The molecule has 2 aromatic carbocycles. The normalized spacial score (nSPS) is 11.3. The highest BCUT2D eigenvalue weighted by atomic mass is 79.9. The van der Waals surface area contributed by atoms with E-state index in [9.17, 15) is 17.2 Å². The Bertz CT molecular complexity index is 766. The summed E-state index contributed by atoms with van der Waals surface area (Å²) < 4.78 is 52.8. The standard InChI is InChI=1S/C12H9BrF2N2O2S/c13-9-6-8(2-3-11(9)16)20(18,19)17-12-4-1-7(14)5-10(12)15/h1-6,17H,16H2. The first-order chi connectivity index (χ1) is 9.29. The summed E-state index contributed by atoms with van der Waals surface area (Å²) in [6.07, 6.45) is 0. The summed E-state index contributed by atoms with van der Waals surface area (Å²) in [6.45, 7) is 0. The van der Waals surface area contributed by atoms with Crippen LogP contribution in [0.1, 0.15) is 0 Å². The second-order valence-electron chi connectivity index (χ2n) is 3.91. The molecular formula is C12H9BrF2N2O2S. The Morgan fingerprint density at radius 1 is 1.10 bits per heavy atom. The third-order valence-corrected chi connectivity index (χ3v) is 4.51. The van der Waals surface area contributed by atoms with Crippen LogP contribution in [0.3, 0.4) is 0 Å². The summed E-state index contributed by atoms with van der Waals surface area (Å²) in [5, 5.41) is 0. The van der Waals surface area contributed by atoms with Crippen LogP contribution in [0.25, 0.3) is 0 Å². The molecule has 3 N–H and O–H groups in total. The van der Waals surface area contributed by atoms with Gasteiger partial charge in [0.2, 0.25) is 0 Å². The highest BCUT2D eigenvalue weighted by Crippen LogP contribution is 2.25. The molecule has 0 aliphatic rings. The van der Waals surface area contributed by atoms with E-state index in [1.165, 1.54) is 18.2 Å². The third-order valence-electron chi connectivity index (χ3n) is 2.46. The summed E-state index contributed by atoms with van der Waals surface area (Å²) in [7, 11) is -3.99. The molecular weight excluding hydrogens is 354 g/mol. The van der Waals surface area contributed by atoms with E-state index in [-0.39, 0.29) is 10.6 Å². The summed E-state index contributed by atoms with van der Waals surface area (Å²) in [5.41, 5.74) is 5.60. The number of sulfonamides is 1. The smallest absolute Gasteiger partial charge is 0.262 e. The van der Waals surface area contributed by atoms with Crippen LogP contribution in [-0.2, 0) is 10.0 Å². The first kappa shape index (κ1) is 14.7. The summed E-state index contributed by atoms with van der Waals surface area (Å²) >= 11 is 3.11. The van der Waals surface area contributed by atoms with Gasteiger partial charge >= 0.3 is 0 Å². The topological polar surface area (TPSA) is 72.2 Å². The van der Waals surface area contributed by atoms with Crippen LogP contribution in [-0.4, -0.2) is 8.42 Å². The average molecular weight is 363 g/mol. The fourth-order valence-electron chi connectivity index (χ4n) is 1.45. The van der Waals surface area contributed by atoms with Gasteiger partial charge < -0.3 is 5.73 Å². The molecule has 2 aromatic rings. The van der Waals surface area contributed by atoms with Crippen molar-refractivity contribution in [2.75, 3.05) is 10.5 Å². The van der Waals surface area contributed by atoms with Crippen molar-refractivity contribution >= 4 is 37.3 Å². The highest BCUT2D eigenvalue weighted by molar-refractivity contribution is 9.10. The maximum atomic E-state index is 13.4. The van der Waals surface area contributed by atoms with Gasteiger partial charge in [-0.05, 0) is 46.3 Å². The molecule has 0 aliphatic heterocycles. The summed E-state index contributed by atoms with van der Waals surface area (Å²) in [4.78, 5) is -0.0951. The molecule has 0 spiro atoms. The number of benzene rings is 2. The number of nitrogens with one attached hydrogen (secondary N) is 1. The van der Waals surface area contributed by atoms with Crippen LogP contribution in [0, 0.1) is 11.6 Å². The van der Waals surface area contributed by atoms with Gasteiger partial charge in [-0.25, -0.2) is 17.2 Å². The van der Waals surface area contributed by atoms with Crippen LogP contribution >= 0.6 is 15.9 Å². The lowest BCUT2D eigenvalue weighted by Gasteiger charge is -2.10. The quantitative estimate of drug-likeness (QED) is 0.824. The summed E-state index contributed by atoms with van der Waals surface area (Å²) in [5.74, 6) is -1.79. The van der Waals surface area contributed by atoms with E-state index in [2.05, 4.69) is 15.9 Å². The molecule has 0 saturated heterocycles. The van der Waals surface area contributed by atoms with Crippen molar-refractivity contribution in [2.24, 2.45) is 0 Å². The van der Waals surface area contributed by atoms with Gasteiger partial charge in [0, 0.05) is 16.2 Å². The van der Waals surface area contributed by atoms with Gasteiger partial charge in [0.25, 0.3) is 10.0 Å². The van der Waals surface area contributed by atoms with E-state index in [4.69, 9.17) is 5.73 Å². The largest absolute Gasteiger partial charge is 0.398 e. The number of nitrogens with two attached hydrogens (primary N) is 1. The fraction of sp³-hybridized carbons (Fsp3) is 0. The second kappa shape index (κ2) is 5.37. The molecule has 0 bridgehead atoms. The van der Waals surface area contributed by atoms with Gasteiger partial charge in [0.1, 0.15) is 11.6 Å². The molecule has 0 atom stereocenters. The van der Waals surface area contributed by atoms with Crippen molar-refractivity contribution in [3.63, 3.8) is 0 Å². The van der Waals surface area contributed by atoms with Crippen molar-refractivity contribution in [1.82, 2.24) is 0 Å². The van der Waals surface area contributed by atoms with Crippen LogP contribution in [0.2, 0.25) is 0 Å². The lowest BCUT2D eigenvalue weighted by Crippen LogP contribution is -2.14. The molecule has 0 amide bonds. The molecule has 0 aromatic heterocycles. The number of hydrogen-bond donors (Lipinski definition) is 2. The van der Waals surface area contributed by atoms with Crippen LogP contribution in [0.5, 0.6) is 0 Å². The summed E-state index contributed by atoms with van der Waals surface area (Å²) in [6, 6.07) is 6.54. The molecule has 8 heteroatoms. The Morgan fingerprint density at radius 3 is 2.40 bits per heavy atom. The van der Waals surface area contributed by atoms with Gasteiger partial charge in [0.05, 0.1) is 10.6 Å². The lowest BCUT2D eigenvalue weighted by molar-refractivity contribution is 0.583. The monoisotopic (exact) mass is 362 g/mol. The predicted octanol–water partition coefficient (Wildman–Crippen LogP) is 3.11. The van der Waals surface area contributed by atoms with Gasteiger partial charge in [0.15, 0.2) is 0 Å². The minimum absolute atomic E-state index is 0.0951. The SMILES string of the molecule is Nc1ccc(S(=O)(=O)Nc2ccc(F)cc2F)cc1Br. The number of rotatable bonds is 3. The zero-order chi connectivity index (χ0) is 14.9. The van der Waals surface area contributed by atoms with Crippen molar-refractivity contribution < 1.29 is 17.2 Å². The molecule has 0 fully saturated rings. The molecule has 0 radical (unpaired) electrons. The first-order valence-electron chi connectivity index (χ1n) is 5.32. The Kier molecular flexibility index (Phi) is 3.96. The van der Waals surface area contributed by atoms with Gasteiger partial charge in [-0.2, -0.15) is 0 Å². The van der Waals surface area contributed by atoms with Crippen molar-refractivity contribution in [3.05, 3.63) is 52.5 Å². The molecule has 106 valence electrons. The predicted molar refractivity (Wildman–Crippen MR) is 75.7 cm³/mol. The van der Waals surface area contributed by atoms with Gasteiger partial charge in [-0.1, -0.05) is 0 Å². The van der Waals surface area contributed by atoms with Crippen molar-refractivity contribution in [3.8, 4) is 0 Å². The van der Waals surface area contributed by atoms with E-state index >= 15 is 0 Å². The third kappa shape index (κ3) is 3.07. The average Bonchev–Trinajstić information content (AvgIpc) is 2.36. The van der Waals surface area contributed by atoms with Crippen molar-refractivity contribution in [1.29, 1.82) is 0 Å². The molecule has 4 nitrogen and oxygen atoms in total. The van der Waals surface area contributed by atoms with Crippen LogP contribution in [0.4, 0.5) is 20.2 Å². The maximum Gasteiger partial charge on any atom is 0.262 e. The number of halogens is 3. The lowest BCUT2D eigenvalue weighted by atomic mass is 10.3. The molecule has 0 heterocycles. The zero-order valence-electron chi connectivity index (χ0n) is 9.90. The molecule has 0 saturated carbocycles. The van der Waals surface area contributed by atoms with Gasteiger partial charge in [-0.3, -0.25) is 4.72 Å². The number of anilines is 2. The number of hydrogen-bond acceptors (Lipinski definition) is 3. The van der Waals surface area contributed by atoms with Crippen LogP contribution in [0.15, 0.2) is 45.8 Å². The Balaban J connectivity index is 2.38. The minimum atomic E-state index is -3.99. The Morgan fingerprint density at radius 2 is 1.80 bits per heavy atom. The van der Waals surface area contributed by atoms with E-state index in [0.29, 0.717) is 16.2 Å². The molecule has 2 rings (SSSR count). The Hall–Kier alpha value is -1.67. The molecule has 0 aliphatic carbocycles. The van der Waals surface area contributed by atoms with E-state index < -0.39 is 21.7 Å². The van der Waals surface area contributed by atoms with Crippen molar-refractivity contribution in [2.45, 2.75) is 4.90 Å². The van der Waals surface area contributed by atoms with E-state index in [1.807, 2.05) is 4.72 Å². The zero-order valence-corrected chi connectivity index (χ0v) is 12.3. The van der Waals surface area contributed by atoms with E-state index in [0.717, 1.165) is 12.1 Å². The first-order valence-corrected chi connectivity index (χ1v) is 7.60. The highest BCUT2D eigenvalue weighted by Gasteiger charge is 2.17. The second-order valence-corrected chi connectivity index (χ2v) is 6.45.